The van der Waals surface area contributed by atoms with Crippen LogP contribution in [-0.4, -0.2) is 19.5 Å². The summed E-state index contributed by atoms with van der Waals surface area (Å²) in [5, 5.41) is 11.8. The third kappa shape index (κ3) is 5.54. The predicted molar refractivity (Wildman–Crippen MR) is 271 cm³/mol. The Hall–Kier alpha value is -8.45. The van der Waals surface area contributed by atoms with Crippen LogP contribution in [0.25, 0.3) is 136 Å². The Morgan fingerprint density at radius 1 is 0.369 bits per heavy atom. The topological polar surface area (TPSA) is 56.7 Å². The molecular formula is C59H34N4OS. The zero-order chi connectivity index (χ0) is 42.6. The fraction of sp³-hybridized carbons (Fsp3) is 0. The molecule has 0 fully saturated rings. The van der Waals surface area contributed by atoms with E-state index in [-0.39, 0.29) is 0 Å². The van der Waals surface area contributed by atoms with Crippen molar-refractivity contribution in [2.45, 2.75) is 0 Å². The first-order chi connectivity index (χ1) is 32.2. The molecule has 0 unspecified atom stereocenters. The second-order valence-corrected chi connectivity index (χ2v) is 17.7. The molecule has 4 aromatic heterocycles. The van der Waals surface area contributed by atoms with E-state index in [4.69, 9.17) is 19.4 Å². The standard InChI is InChI=1S/C59H34N4OS/c1-2-15-36(16-3-1)57-60-58(62-59(61-57)46-23-12-26-52-54(46)44-21-9-11-25-51(44)64-52)43-31-29-39(63-49-24-10-8-20-41(49)48-32-37-17-4-5-18-38(37)33-50(48)63)34-47(43)42-22-13-27-53-55(42)45-30-28-35-14-6-7-19-40(35)56(45)65-53/h1-34H. The van der Waals surface area contributed by atoms with Gasteiger partial charge in [0.2, 0.25) is 0 Å². The second kappa shape index (κ2) is 14.0. The van der Waals surface area contributed by atoms with Crippen molar-refractivity contribution in [3.8, 4) is 51.0 Å². The summed E-state index contributed by atoms with van der Waals surface area (Å²) in [7, 11) is 0. The number of rotatable bonds is 5. The maximum Gasteiger partial charge on any atom is 0.164 e. The van der Waals surface area contributed by atoms with Crippen LogP contribution in [0.15, 0.2) is 211 Å². The number of hydrogen-bond donors (Lipinski definition) is 0. The van der Waals surface area contributed by atoms with Gasteiger partial charge in [-0.3, -0.25) is 0 Å². The molecule has 4 heterocycles. The molecule has 0 saturated heterocycles. The van der Waals surface area contributed by atoms with Crippen molar-refractivity contribution in [3.05, 3.63) is 206 Å². The summed E-state index contributed by atoms with van der Waals surface area (Å²) in [4.78, 5) is 16.0. The molecule has 0 bridgehead atoms. The molecule has 14 rings (SSSR count). The van der Waals surface area contributed by atoms with Crippen LogP contribution in [0.4, 0.5) is 0 Å². The number of fused-ring (bicyclic) bond motifs is 12. The van der Waals surface area contributed by atoms with E-state index in [0.29, 0.717) is 17.5 Å². The van der Waals surface area contributed by atoms with Crippen LogP contribution in [-0.2, 0) is 0 Å². The van der Waals surface area contributed by atoms with Crippen molar-refractivity contribution in [1.29, 1.82) is 0 Å². The van der Waals surface area contributed by atoms with Gasteiger partial charge in [-0.1, -0.05) is 152 Å². The number of para-hydroxylation sites is 2. The van der Waals surface area contributed by atoms with Gasteiger partial charge >= 0.3 is 0 Å². The highest BCUT2D eigenvalue weighted by molar-refractivity contribution is 7.26. The third-order valence-corrected chi connectivity index (χ3v) is 14.2. The van der Waals surface area contributed by atoms with E-state index in [1.807, 2.05) is 59.9 Å². The highest BCUT2D eigenvalue weighted by Gasteiger charge is 2.23. The van der Waals surface area contributed by atoms with Crippen LogP contribution >= 0.6 is 11.3 Å². The van der Waals surface area contributed by atoms with E-state index >= 15 is 0 Å². The smallest absolute Gasteiger partial charge is 0.164 e. The summed E-state index contributed by atoms with van der Waals surface area (Å²) in [6.45, 7) is 0. The average Bonchev–Trinajstić information content (AvgIpc) is 4.05. The van der Waals surface area contributed by atoms with Crippen LogP contribution in [0.2, 0.25) is 0 Å². The molecule has 0 aliphatic carbocycles. The van der Waals surface area contributed by atoms with Gasteiger partial charge in [-0.2, -0.15) is 0 Å². The van der Waals surface area contributed by atoms with Crippen LogP contribution in [0.3, 0.4) is 0 Å². The average molecular weight is 847 g/mol. The molecule has 0 saturated carbocycles. The van der Waals surface area contributed by atoms with Gasteiger partial charge in [0.1, 0.15) is 11.2 Å². The Bertz CT molecular complexity index is 4260. The Morgan fingerprint density at radius 2 is 1.05 bits per heavy atom. The lowest BCUT2D eigenvalue weighted by Gasteiger charge is -2.16. The van der Waals surface area contributed by atoms with Crippen molar-refractivity contribution in [2.24, 2.45) is 0 Å². The van der Waals surface area contributed by atoms with E-state index in [0.717, 1.165) is 66.5 Å². The summed E-state index contributed by atoms with van der Waals surface area (Å²) < 4.78 is 11.3. The second-order valence-electron chi connectivity index (χ2n) is 16.7. The predicted octanol–water partition coefficient (Wildman–Crippen LogP) is 16.2. The number of aromatic nitrogens is 4. The van der Waals surface area contributed by atoms with Crippen LogP contribution in [0.1, 0.15) is 0 Å². The fourth-order valence-corrected chi connectivity index (χ4v) is 11.4. The van der Waals surface area contributed by atoms with Crippen molar-refractivity contribution < 1.29 is 4.42 Å². The zero-order valence-electron chi connectivity index (χ0n) is 34.7. The largest absolute Gasteiger partial charge is 0.456 e. The van der Waals surface area contributed by atoms with Gasteiger partial charge in [-0.05, 0) is 87.3 Å². The first-order valence-electron chi connectivity index (χ1n) is 21.8. The SMILES string of the molecule is c1ccc(-c2nc(-c3ccc(-n4c5ccccc5c5cc6ccccc6cc54)cc3-c3cccc4sc5c6ccccc6ccc5c34)nc(-c3cccc4oc5ccccc5c34)n2)cc1. The van der Waals surface area contributed by atoms with Gasteiger partial charge in [0.05, 0.1) is 11.0 Å². The van der Waals surface area contributed by atoms with Crippen LogP contribution in [0, 0.1) is 0 Å². The first-order valence-corrected chi connectivity index (χ1v) is 22.7. The van der Waals surface area contributed by atoms with E-state index in [9.17, 15) is 0 Å². The van der Waals surface area contributed by atoms with Crippen molar-refractivity contribution in [1.82, 2.24) is 19.5 Å². The monoisotopic (exact) mass is 846 g/mol. The van der Waals surface area contributed by atoms with Gasteiger partial charge in [0.15, 0.2) is 17.5 Å². The molecule has 65 heavy (non-hydrogen) atoms. The maximum absolute atomic E-state index is 6.38. The first kappa shape index (κ1) is 36.1. The normalized spacial score (nSPS) is 12.0. The van der Waals surface area contributed by atoms with E-state index in [1.165, 1.54) is 52.5 Å². The van der Waals surface area contributed by atoms with Crippen LogP contribution in [0.5, 0.6) is 0 Å². The molecule has 0 spiro atoms. The number of nitrogens with zero attached hydrogens (tertiary/aromatic N) is 4. The van der Waals surface area contributed by atoms with Crippen molar-refractivity contribution in [2.75, 3.05) is 0 Å². The lowest BCUT2D eigenvalue weighted by atomic mass is 9.93. The van der Waals surface area contributed by atoms with Crippen molar-refractivity contribution >= 4 is 96.8 Å². The summed E-state index contributed by atoms with van der Waals surface area (Å²) >= 11 is 1.86. The molecule has 0 radical (unpaired) electrons. The fourth-order valence-electron chi connectivity index (χ4n) is 10.1. The van der Waals surface area contributed by atoms with E-state index in [1.54, 1.807) is 0 Å². The Kier molecular flexibility index (Phi) is 7.79. The number of thiophene rings is 1. The molecule has 14 aromatic rings. The third-order valence-electron chi connectivity index (χ3n) is 13.0. The zero-order valence-corrected chi connectivity index (χ0v) is 35.6. The number of hydrogen-bond acceptors (Lipinski definition) is 5. The van der Waals surface area contributed by atoms with Gasteiger partial charge < -0.3 is 8.98 Å². The minimum absolute atomic E-state index is 0.584. The summed E-state index contributed by atoms with van der Waals surface area (Å²) in [5.41, 5.74) is 9.86. The lowest BCUT2D eigenvalue weighted by molar-refractivity contribution is 0.669. The number of furan rings is 1. The molecule has 0 N–H and O–H groups in total. The lowest BCUT2D eigenvalue weighted by Crippen LogP contribution is -2.02. The molecule has 0 aliphatic rings. The van der Waals surface area contributed by atoms with Crippen LogP contribution < -0.4 is 0 Å². The van der Waals surface area contributed by atoms with Gasteiger partial charge in [0, 0.05) is 64.1 Å². The minimum atomic E-state index is 0.584. The highest BCUT2D eigenvalue weighted by atomic mass is 32.1. The summed E-state index contributed by atoms with van der Waals surface area (Å²) in [6.07, 6.45) is 0. The molecule has 0 atom stereocenters. The van der Waals surface area contributed by atoms with Gasteiger partial charge in [0.25, 0.3) is 0 Å². The quantitative estimate of drug-likeness (QED) is 0.173. The minimum Gasteiger partial charge on any atom is -0.456 e. The molecule has 302 valence electrons. The van der Waals surface area contributed by atoms with Gasteiger partial charge in [-0.15, -0.1) is 11.3 Å². The molecular weight excluding hydrogens is 813 g/mol. The highest BCUT2D eigenvalue weighted by Crippen LogP contribution is 2.46. The molecule has 0 aliphatic heterocycles. The summed E-state index contributed by atoms with van der Waals surface area (Å²) in [5.74, 6) is 1.78. The van der Waals surface area contributed by atoms with E-state index < -0.39 is 0 Å². The molecule has 0 amide bonds. The molecule has 5 nitrogen and oxygen atoms in total. The number of benzene rings is 10. The maximum atomic E-state index is 6.38. The Balaban J connectivity index is 1.09. The Morgan fingerprint density at radius 3 is 1.92 bits per heavy atom. The van der Waals surface area contributed by atoms with Gasteiger partial charge in [-0.25, -0.2) is 15.0 Å². The summed E-state index contributed by atoms with van der Waals surface area (Å²) in [6, 6.07) is 73.3. The molecule has 6 heteroatoms. The van der Waals surface area contributed by atoms with Crippen molar-refractivity contribution in [3.63, 3.8) is 0 Å². The van der Waals surface area contributed by atoms with E-state index in [2.05, 4.69) is 162 Å². The molecule has 10 aromatic carbocycles. The Labute approximate surface area is 376 Å².